The molecule has 0 fully saturated rings. The van der Waals surface area contributed by atoms with Crippen LogP contribution < -0.4 is 0 Å². The maximum absolute atomic E-state index is 13.4. The molecule has 0 saturated carbocycles. The Morgan fingerprint density at radius 3 is 2.25 bits per heavy atom. The average molecular weight is 234 g/mol. The molecular formula is C13H11FOS. The Hall–Kier alpha value is -1.32. The molecule has 2 rings (SSSR count). The van der Waals surface area contributed by atoms with Crippen LogP contribution in [-0.2, 0) is 6.61 Å². The van der Waals surface area contributed by atoms with Crippen LogP contribution in [-0.4, -0.2) is 5.11 Å². The van der Waals surface area contributed by atoms with Crippen molar-refractivity contribution >= 4 is 11.8 Å². The number of hydrogen-bond donors (Lipinski definition) is 1. The summed E-state index contributed by atoms with van der Waals surface area (Å²) < 4.78 is 13.4. The number of benzene rings is 2. The van der Waals surface area contributed by atoms with Gasteiger partial charge in [0.1, 0.15) is 5.82 Å². The van der Waals surface area contributed by atoms with Gasteiger partial charge in [-0.15, -0.1) is 0 Å². The van der Waals surface area contributed by atoms with Crippen molar-refractivity contribution in [1.82, 2.24) is 0 Å². The minimum absolute atomic E-state index is 0.0301. The molecule has 0 saturated heterocycles. The van der Waals surface area contributed by atoms with Gasteiger partial charge in [-0.05, 0) is 23.8 Å². The van der Waals surface area contributed by atoms with Crippen LogP contribution in [0.1, 0.15) is 5.56 Å². The zero-order valence-corrected chi connectivity index (χ0v) is 9.38. The first-order valence-electron chi connectivity index (χ1n) is 4.92. The van der Waals surface area contributed by atoms with E-state index in [0.29, 0.717) is 4.90 Å². The third kappa shape index (κ3) is 2.43. The van der Waals surface area contributed by atoms with Gasteiger partial charge >= 0.3 is 0 Å². The Balaban J connectivity index is 2.30. The van der Waals surface area contributed by atoms with Crippen LogP contribution in [0, 0.1) is 5.82 Å². The summed E-state index contributed by atoms with van der Waals surface area (Å²) in [6.07, 6.45) is 0. The van der Waals surface area contributed by atoms with Crippen LogP contribution in [0.15, 0.2) is 58.3 Å². The Bertz CT molecular complexity index is 485. The van der Waals surface area contributed by atoms with E-state index in [1.807, 2.05) is 24.3 Å². The minimum Gasteiger partial charge on any atom is -0.392 e. The van der Waals surface area contributed by atoms with E-state index in [1.54, 1.807) is 18.2 Å². The van der Waals surface area contributed by atoms with E-state index in [4.69, 9.17) is 5.11 Å². The second-order valence-corrected chi connectivity index (χ2v) is 4.38. The molecule has 1 N–H and O–H groups in total. The van der Waals surface area contributed by atoms with Gasteiger partial charge < -0.3 is 5.11 Å². The smallest absolute Gasteiger partial charge is 0.137 e. The van der Waals surface area contributed by atoms with Crippen LogP contribution in [0.4, 0.5) is 4.39 Å². The molecule has 0 radical (unpaired) electrons. The van der Waals surface area contributed by atoms with Crippen LogP contribution in [0.5, 0.6) is 0 Å². The molecule has 0 aliphatic carbocycles. The largest absolute Gasteiger partial charge is 0.392 e. The summed E-state index contributed by atoms with van der Waals surface area (Å²) in [5.41, 5.74) is 0.816. The normalized spacial score (nSPS) is 10.4. The van der Waals surface area contributed by atoms with E-state index < -0.39 is 0 Å². The van der Waals surface area contributed by atoms with E-state index in [9.17, 15) is 4.39 Å². The van der Waals surface area contributed by atoms with Gasteiger partial charge in [-0.3, -0.25) is 0 Å². The summed E-state index contributed by atoms with van der Waals surface area (Å²) in [6.45, 7) is -0.0301. The lowest BCUT2D eigenvalue weighted by atomic mass is 10.2. The summed E-state index contributed by atoms with van der Waals surface area (Å²) in [5, 5.41) is 9.16. The molecule has 0 atom stereocenters. The van der Waals surface area contributed by atoms with Gasteiger partial charge in [-0.2, -0.15) is 0 Å². The van der Waals surface area contributed by atoms with Crippen molar-refractivity contribution < 1.29 is 9.50 Å². The first-order chi connectivity index (χ1) is 7.81. The summed E-state index contributed by atoms with van der Waals surface area (Å²) in [7, 11) is 0. The SMILES string of the molecule is OCc1ccccc1Sc1ccccc1F. The number of halogens is 1. The zero-order chi connectivity index (χ0) is 11.4. The number of aliphatic hydroxyl groups excluding tert-OH is 1. The quantitative estimate of drug-likeness (QED) is 0.877. The molecule has 0 aliphatic rings. The topological polar surface area (TPSA) is 20.2 Å². The molecule has 0 bridgehead atoms. The molecule has 3 heteroatoms. The predicted molar refractivity (Wildman–Crippen MR) is 62.9 cm³/mol. The third-order valence-electron chi connectivity index (χ3n) is 2.20. The molecule has 0 aromatic heterocycles. The van der Waals surface area contributed by atoms with Gasteiger partial charge in [0, 0.05) is 9.79 Å². The van der Waals surface area contributed by atoms with Crippen LogP contribution >= 0.6 is 11.8 Å². The van der Waals surface area contributed by atoms with Crippen molar-refractivity contribution in [2.75, 3.05) is 0 Å². The summed E-state index contributed by atoms with van der Waals surface area (Å²) in [4.78, 5) is 1.46. The van der Waals surface area contributed by atoms with Crippen molar-refractivity contribution in [2.45, 2.75) is 16.4 Å². The maximum atomic E-state index is 13.4. The molecule has 0 aliphatic heterocycles. The highest BCUT2D eigenvalue weighted by atomic mass is 32.2. The lowest BCUT2D eigenvalue weighted by Gasteiger charge is -2.07. The first kappa shape index (κ1) is 11.2. The fourth-order valence-corrected chi connectivity index (χ4v) is 2.34. The molecule has 2 aromatic carbocycles. The van der Waals surface area contributed by atoms with Crippen LogP contribution in [0.25, 0.3) is 0 Å². The molecule has 0 heterocycles. The van der Waals surface area contributed by atoms with Gasteiger partial charge in [0.05, 0.1) is 6.61 Å². The number of rotatable bonds is 3. The zero-order valence-electron chi connectivity index (χ0n) is 8.56. The van der Waals surface area contributed by atoms with E-state index >= 15 is 0 Å². The molecule has 0 amide bonds. The van der Waals surface area contributed by atoms with Gasteiger partial charge in [-0.1, -0.05) is 42.1 Å². The van der Waals surface area contributed by atoms with Gasteiger partial charge in [-0.25, -0.2) is 4.39 Å². The summed E-state index contributed by atoms with van der Waals surface area (Å²) >= 11 is 1.33. The Labute approximate surface area is 97.9 Å². The molecule has 2 aromatic rings. The molecule has 0 unspecified atom stereocenters. The average Bonchev–Trinajstić information content (AvgIpc) is 2.33. The number of aliphatic hydroxyl groups is 1. The highest BCUT2D eigenvalue weighted by Crippen LogP contribution is 2.31. The van der Waals surface area contributed by atoms with E-state index in [1.165, 1.54) is 17.8 Å². The second kappa shape index (κ2) is 5.14. The van der Waals surface area contributed by atoms with Gasteiger partial charge in [0.2, 0.25) is 0 Å². The van der Waals surface area contributed by atoms with Gasteiger partial charge in [0.25, 0.3) is 0 Å². The first-order valence-corrected chi connectivity index (χ1v) is 5.74. The summed E-state index contributed by atoms with van der Waals surface area (Å²) in [6, 6.07) is 14.1. The number of hydrogen-bond acceptors (Lipinski definition) is 2. The lowest BCUT2D eigenvalue weighted by Crippen LogP contribution is -1.87. The third-order valence-corrected chi connectivity index (χ3v) is 3.37. The Morgan fingerprint density at radius 1 is 0.938 bits per heavy atom. The highest BCUT2D eigenvalue weighted by molar-refractivity contribution is 7.99. The van der Waals surface area contributed by atoms with Crippen molar-refractivity contribution in [2.24, 2.45) is 0 Å². The maximum Gasteiger partial charge on any atom is 0.137 e. The van der Waals surface area contributed by atoms with Crippen LogP contribution in [0.3, 0.4) is 0 Å². The predicted octanol–water partition coefficient (Wildman–Crippen LogP) is 3.47. The fraction of sp³-hybridized carbons (Fsp3) is 0.0769. The second-order valence-electron chi connectivity index (χ2n) is 3.30. The monoisotopic (exact) mass is 234 g/mol. The molecular weight excluding hydrogens is 223 g/mol. The molecule has 16 heavy (non-hydrogen) atoms. The van der Waals surface area contributed by atoms with Crippen molar-refractivity contribution in [1.29, 1.82) is 0 Å². The Kier molecular flexibility index (Phi) is 3.59. The standard InChI is InChI=1S/C13H11FOS/c14-11-6-2-4-8-13(11)16-12-7-3-1-5-10(12)9-15/h1-8,15H,9H2. The van der Waals surface area contributed by atoms with Crippen LogP contribution in [0.2, 0.25) is 0 Å². The fourth-order valence-electron chi connectivity index (χ4n) is 1.38. The Morgan fingerprint density at radius 2 is 1.56 bits per heavy atom. The summed E-state index contributed by atoms with van der Waals surface area (Å²) in [5.74, 6) is -0.236. The molecule has 82 valence electrons. The molecule has 0 spiro atoms. The minimum atomic E-state index is -0.236. The van der Waals surface area contributed by atoms with Gasteiger partial charge in [0.15, 0.2) is 0 Å². The molecule has 1 nitrogen and oxygen atoms in total. The van der Waals surface area contributed by atoms with Crippen molar-refractivity contribution in [3.63, 3.8) is 0 Å². The van der Waals surface area contributed by atoms with Crippen molar-refractivity contribution in [3.8, 4) is 0 Å². The van der Waals surface area contributed by atoms with Crippen molar-refractivity contribution in [3.05, 3.63) is 59.9 Å². The van der Waals surface area contributed by atoms with E-state index in [0.717, 1.165) is 10.5 Å². The highest BCUT2D eigenvalue weighted by Gasteiger charge is 2.06. The van der Waals surface area contributed by atoms with E-state index in [-0.39, 0.29) is 12.4 Å². The lowest BCUT2D eigenvalue weighted by molar-refractivity contribution is 0.279. The van der Waals surface area contributed by atoms with E-state index in [2.05, 4.69) is 0 Å².